The summed E-state index contributed by atoms with van der Waals surface area (Å²) in [5, 5.41) is 4.05. The molecule has 2 saturated heterocycles. The third-order valence-corrected chi connectivity index (χ3v) is 7.73. The van der Waals surface area contributed by atoms with Gasteiger partial charge < -0.3 is 15.1 Å². The van der Waals surface area contributed by atoms with Crippen LogP contribution in [-0.2, 0) is 6.42 Å². The third-order valence-electron chi connectivity index (χ3n) is 6.72. The molecule has 2 amide bonds. The van der Waals surface area contributed by atoms with Crippen molar-refractivity contribution in [3.63, 3.8) is 0 Å². The molecule has 4 rings (SSSR count). The van der Waals surface area contributed by atoms with Gasteiger partial charge in [0.2, 0.25) is 0 Å². The molecule has 4 nitrogen and oxygen atoms in total. The Bertz CT molecular complexity index is 686. The van der Waals surface area contributed by atoms with Gasteiger partial charge in [0, 0.05) is 28.6 Å². The second-order valence-electron chi connectivity index (χ2n) is 8.77. The minimum atomic E-state index is 0.164. The molecule has 2 aliphatic heterocycles. The predicted molar refractivity (Wildman–Crippen MR) is 118 cm³/mol. The van der Waals surface area contributed by atoms with Crippen molar-refractivity contribution in [1.82, 2.24) is 15.1 Å². The third kappa shape index (κ3) is 5.03. The van der Waals surface area contributed by atoms with Gasteiger partial charge in [0.1, 0.15) is 0 Å². The molecule has 1 unspecified atom stereocenters. The monoisotopic (exact) mass is 467 g/mol. The smallest absolute Gasteiger partial charge is 0.318 e. The van der Waals surface area contributed by atoms with Crippen LogP contribution in [0.4, 0.5) is 4.79 Å². The number of amides is 2. The van der Waals surface area contributed by atoms with Crippen LogP contribution in [0, 0.1) is 5.92 Å². The first kappa shape index (κ1) is 20.5. The van der Waals surface area contributed by atoms with Gasteiger partial charge >= 0.3 is 6.03 Å². The molecular weight excluding hydrogens is 438 g/mol. The van der Waals surface area contributed by atoms with Crippen molar-refractivity contribution in [2.24, 2.45) is 5.92 Å². The van der Waals surface area contributed by atoms with E-state index in [1.165, 1.54) is 50.5 Å². The highest BCUT2D eigenvalue weighted by atomic mass is 79.9. The summed E-state index contributed by atoms with van der Waals surface area (Å²) in [4.78, 5) is 17.1. The zero-order valence-electron chi connectivity index (χ0n) is 16.5. The van der Waals surface area contributed by atoms with E-state index in [0.717, 1.165) is 42.1 Å². The van der Waals surface area contributed by atoms with Crippen LogP contribution in [0.1, 0.15) is 50.5 Å². The molecule has 1 aliphatic carbocycles. The fourth-order valence-electron chi connectivity index (χ4n) is 5.13. The highest BCUT2D eigenvalue weighted by molar-refractivity contribution is 9.10. The minimum Gasteiger partial charge on any atom is -0.332 e. The maximum atomic E-state index is 12.4. The van der Waals surface area contributed by atoms with Crippen molar-refractivity contribution >= 4 is 33.6 Å². The van der Waals surface area contributed by atoms with Crippen LogP contribution >= 0.6 is 27.5 Å². The Kier molecular flexibility index (Phi) is 6.85. The van der Waals surface area contributed by atoms with E-state index in [0.29, 0.717) is 12.0 Å². The molecule has 1 atom stereocenters. The van der Waals surface area contributed by atoms with Crippen LogP contribution in [0.25, 0.3) is 0 Å². The number of piperidine rings is 1. The van der Waals surface area contributed by atoms with Gasteiger partial charge in [-0.05, 0) is 74.9 Å². The summed E-state index contributed by atoms with van der Waals surface area (Å²) >= 11 is 9.82. The first-order valence-corrected chi connectivity index (χ1v) is 12.0. The van der Waals surface area contributed by atoms with E-state index in [9.17, 15) is 4.79 Å². The molecule has 154 valence electrons. The summed E-state index contributed by atoms with van der Waals surface area (Å²) in [5.41, 5.74) is 1.32. The van der Waals surface area contributed by atoms with Crippen molar-refractivity contribution in [2.75, 3.05) is 26.2 Å². The van der Waals surface area contributed by atoms with Crippen LogP contribution in [0.2, 0.25) is 5.02 Å². The molecule has 1 aromatic carbocycles. The van der Waals surface area contributed by atoms with Gasteiger partial charge in [-0.25, -0.2) is 4.79 Å². The second kappa shape index (κ2) is 9.36. The lowest BCUT2D eigenvalue weighted by Crippen LogP contribution is -2.43. The SMILES string of the molecule is O=C1NC(CN2CCC(Cc3cc(Cl)ccc3Br)CC2)CN1C1CCCCC1. The summed E-state index contributed by atoms with van der Waals surface area (Å²) < 4.78 is 1.16. The number of carbonyl (C=O) groups excluding carboxylic acids is 1. The van der Waals surface area contributed by atoms with Crippen molar-refractivity contribution in [2.45, 2.75) is 63.5 Å². The van der Waals surface area contributed by atoms with Crippen LogP contribution < -0.4 is 5.32 Å². The predicted octanol–water partition coefficient (Wildman–Crippen LogP) is 5.08. The Morgan fingerprint density at radius 1 is 1.11 bits per heavy atom. The van der Waals surface area contributed by atoms with Gasteiger partial charge in [0.25, 0.3) is 0 Å². The van der Waals surface area contributed by atoms with Gasteiger partial charge in [0.15, 0.2) is 0 Å². The van der Waals surface area contributed by atoms with E-state index in [1.807, 2.05) is 12.1 Å². The molecule has 3 aliphatic rings. The number of urea groups is 1. The van der Waals surface area contributed by atoms with Gasteiger partial charge in [-0.3, -0.25) is 0 Å². The van der Waals surface area contributed by atoms with Crippen LogP contribution in [0.15, 0.2) is 22.7 Å². The summed E-state index contributed by atoms with van der Waals surface area (Å²) in [6.45, 7) is 4.12. The molecule has 0 bridgehead atoms. The lowest BCUT2D eigenvalue weighted by atomic mass is 9.90. The summed E-state index contributed by atoms with van der Waals surface area (Å²) in [6, 6.07) is 7.00. The second-order valence-corrected chi connectivity index (χ2v) is 10.1. The van der Waals surface area contributed by atoms with E-state index >= 15 is 0 Å². The molecule has 1 aromatic rings. The van der Waals surface area contributed by atoms with Crippen molar-refractivity contribution in [1.29, 1.82) is 0 Å². The standard InChI is InChI=1S/C22H31BrClN3O/c23-21-7-6-18(24)13-17(21)12-16-8-10-26(11-9-16)14-19-15-27(22(28)25-19)20-4-2-1-3-5-20/h6-7,13,16,19-20H,1-5,8-12,14-15H2,(H,25,28). The summed E-state index contributed by atoms with van der Waals surface area (Å²) in [6.07, 6.45) is 9.76. The van der Waals surface area contributed by atoms with E-state index < -0.39 is 0 Å². The molecule has 3 fully saturated rings. The van der Waals surface area contributed by atoms with E-state index in [-0.39, 0.29) is 12.1 Å². The van der Waals surface area contributed by atoms with E-state index in [1.54, 1.807) is 0 Å². The highest BCUT2D eigenvalue weighted by Crippen LogP contribution is 2.29. The number of carbonyl (C=O) groups is 1. The number of benzene rings is 1. The molecule has 28 heavy (non-hydrogen) atoms. The molecule has 0 spiro atoms. The lowest BCUT2D eigenvalue weighted by molar-refractivity contribution is 0.163. The zero-order valence-corrected chi connectivity index (χ0v) is 18.8. The minimum absolute atomic E-state index is 0.164. The number of nitrogens with zero attached hydrogens (tertiary/aromatic N) is 2. The summed E-state index contributed by atoms with van der Waals surface area (Å²) in [5.74, 6) is 0.711. The summed E-state index contributed by atoms with van der Waals surface area (Å²) in [7, 11) is 0. The first-order valence-electron chi connectivity index (χ1n) is 10.8. The Labute approximate surface area is 182 Å². The number of hydrogen-bond acceptors (Lipinski definition) is 2. The first-order chi connectivity index (χ1) is 13.6. The number of hydrogen-bond donors (Lipinski definition) is 1. The average Bonchev–Trinajstić information content (AvgIpc) is 3.07. The van der Waals surface area contributed by atoms with Gasteiger partial charge in [0.05, 0.1) is 6.04 Å². The van der Waals surface area contributed by atoms with E-state index in [4.69, 9.17) is 11.6 Å². The molecular formula is C22H31BrClN3O. The van der Waals surface area contributed by atoms with Crippen molar-refractivity contribution < 1.29 is 4.79 Å². The maximum absolute atomic E-state index is 12.4. The Morgan fingerprint density at radius 3 is 2.61 bits per heavy atom. The number of rotatable bonds is 5. The maximum Gasteiger partial charge on any atom is 0.318 e. The van der Waals surface area contributed by atoms with Crippen LogP contribution in [-0.4, -0.2) is 54.1 Å². The molecule has 0 aromatic heterocycles. The van der Waals surface area contributed by atoms with Crippen molar-refractivity contribution in [3.05, 3.63) is 33.3 Å². The molecule has 1 saturated carbocycles. The Morgan fingerprint density at radius 2 is 1.86 bits per heavy atom. The van der Waals surface area contributed by atoms with Crippen LogP contribution in [0.5, 0.6) is 0 Å². The van der Waals surface area contributed by atoms with Crippen LogP contribution in [0.3, 0.4) is 0 Å². The van der Waals surface area contributed by atoms with E-state index in [2.05, 4.69) is 37.1 Å². The molecule has 1 N–H and O–H groups in total. The highest BCUT2D eigenvalue weighted by Gasteiger charge is 2.35. The normalized spacial score (nSPS) is 25.3. The zero-order chi connectivity index (χ0) is 19.5. The fourth-order valence-corrected chi connectivity index (χ4v) is 5.73. The number of nitrogens with one attached hydrogen (secondary N) is 1. The number of halogens is 2. The molecule has 6 heteroatoms. The quantitative estimate of drug-likeness (QED) is 0.654. The average molecular weight is 469 g/mol. The fraction of sp³-hybridized carbons (Fsp3) is 0.682. The van der Waals surface area contributed by atoms with Crippen molar-refractivity contribution in [3.8, 4) is 0 Å². The number of likely N-dealkylation sites (tertiary alicyclic amines) is 1. The molecule has 2 heterocycles. The topological polar surface area (TPSA) is 35.6 Å². The Hall–Kier alpha value is -0.780. The van der Waals surface area contributed by atoms with Gasteiger partial charge in [-0.15, -0.1) is 0 Å². The largest absolute Gasteiger partial charge is 0.332 e. The lowest BCUT2D eigenvalue weighted by Gasteiger charge is -2.34. The Balaban J connectivity index is 1.23. The van der Waals surface area contributed by atoms with Gasteiger partial charge in [-0.1, -0.05) is 46.8 Å². The van der Waals surface area contributed by atoms with Gasteiger partial charge in [-0.2, -0.15) is 0 Å². The molecule has 0 radical (unpaired) electrons.